The fourth-order valence-electron chi connectivity index (χ4n) is 2.74. The smallest absolute Gasteiger partial charge is 0.00955 e. The number of rotatable bonds is 0. The van der Waals surface area contributed by atoms with Gasteiger partial charge < -0.3 is 5.32 Å². The molecule has 11 heavy (non-hydrogen) atoms. The topological polar surface area (TPSA) is 12.0 Å². The largest absolute Gasteiger partial charge is 0.314 e. The van der Waals surface area contributed by atoms with Gasteiger partial charge in [-0.05, 0) is 50.5 Å². The van der Waals surface area contributed by atoms with Crippen molar-refractivity contribution in [2.24, 2.45) is 11.8 Å². The minimum atomic E-state index is 0.889. The van der Waals surface area contributed by atoms with E-state index in [-0.39, 0.29) is 0 Å². The normalized spacial score (nSPS) is 45.0. The molecular weight excluding hydrogens is 134 g/mol. The van der Waals surface area contributed by atoms with E-state index in [1.165, 1.54) is 38.6 Å². The number of hydrogen-bond acceptors (Lipinski definition) is 1. The molecule has 1 heterocycles. The number of fused-ring (bicyclic) bond motifs is 1. The van der Waals surface area contributed by atoms with Crippen molar-refractivity contribution >= 4 is 0 Å². The lowest BCUT2D eigenvalue weighted by Gasteiger charge is -2.38. The van der Waals surface area contributed by atoms with Crippen molar-refractivity contribution in [1.29, 1.82) is 0 Å². The zero-order valence-electron chi connectivity index (χ0n) is 7.47. The maximum atomic E-state index is 3.64. The van der Waals surface area contributed by atoms with Crippen molar-refractivity contribution in [3.05, 3.63) is 0 Å². The van der Waals surface area contributed by atoms with Crippen LogP contribution in [0.1, 0.15) is 39.0 Å². The van der Waals surface area contributed by atoms with Gasteiger partial charge in [0.25, 0.3) is 0 Å². The highest BCUT2D eigenvalue weighted by molar-refractivity contribution is 4.86. The van der Waals surface area contributed by atoms with Gasteiger partial charge in [0.15, 0.2) is 0 Å². The van der Waals surface area contributed by atoms with Gasteiger partial charge in [-0.1, -0.05) is 6.92 Å². The van der Waals surface area contributed by atoms with Gasteiger partial charge in [0.05, 0.1) is 0 Å². The SMILES string of the molecule is C[C@H]1CC[C@H]2NCCC[C@H]2C1. The average molecular weight is 153 g/mol. The molecule has 2 fully saturated rings. The summed E-state index contributed by atoms with van der Waals surface area (Å²) in [5.41, 5.74) is 0. The molecule has 0 aromatic rings. The Hall–Kier alpha value is -0.0400. The summed E-state index contributed by atoms with van der Waals surface area (Å²) < 4.78 is 0. The summed E-state index contributed by atoms with van der Waals surface area (Å²) in [5, 5.41) is 3.64. The Morgan fingerprint density at radius 2 is 2.09 bits per heavy atom. The third-order valence-corrected chi connectivity index (χ3v) is 3.40. The summed E-state index contributed by atoms with van der Waals surface area (Å²) >= 11 is 0. The van der Waals surface area contributed by atoms with Gasteiger partial charge >= 0.3 is 0 Å². The fourth-order valence-corrected chi connectivity index (χ4v) is 2.74. The Morgan fingerprint density at radius 1 is 1.18 bits per heavy atom. The van der Waals surface area contributed by atoms with Crippen LogP contribution in [0.15, 0.2) is 0 Å². The van der Waals surface area contributed by atoms with Crippen molar-refractivity contribution in [2.45, 2.75) is 45.1 Å². The second-order valence-electron chi connectivity index (χ2n) is 4.38. The van der Waals surface area contributed by atoms with Crippen LogP contribution in [0.2, 0.25) is 0 Å². The lowest BCUT2D eigenvalue weighted by atomic mass is 9.75. The molecule has 0 unspecified atom stereocenters. The van der Waals surface area contributed by atoms with E-state index < -0.39 is 0 Å². The van der Waals surface area contributed by atoms with Crippen LogP contribution in [0.5, 0.6) is 0 Å². The Balaban J connectivity index is 1.93. The van der Waals surface area contributed by atoms with E-state index in [9.17, 15) is 0 Å². The minimum Gasteiger partial charge on any atom is -0.314 e. The predicted molar refractivity (Wildman–Crippen MR) is 47.5 cm³/mol. The minimum absolute atomic E-state index is 0.889. The Labute approximate surface area is 69.6 Å². The standard InChI is InChI=1S/C10H19N/c1-8-4-5-10-9(7-8)3-2-6-11-10/h8-11H,2-7H2,1H3/t8-,9-,10+/m0/s1. The van der Waals surface area contributed by atoms with Crippen LogP contribution in [0.4, 0.5) is 0 Å². The summed E-state index contributed by atoms with van der Waals surface area (Å²) in [6.07, 6.45) is 7.27. The molecule has 0 radical (unpaired) electrons. The molecule has 1 nitrogen and oxygen atoms in total. The molecule has 0 bridgehead atoms. The number of piperidine rings is 1. The average Bonchev–Trinajstić information content (AvgIpc) is 2.04. The van der Waals surface area contributed by atoms with Crippen molar-refractivity contribution in [2.75, 3.05) is 6.54 Å². The molecule has 0 spiro atoms. The van der Waals surface area contributed by atoms with Crippen LogP contribution in [0.3, 0.4) is 0 Å². The number of hydrogen-bond donors (Lipinski definition) is 1. The molecule has 0 aromatic carbocycles. The molecule has 0 amide bonds. The maximum absolute atomic E-state index is 3.64. The third-order valence-electron chi connectivity index (χ3n) is 3.40. The van der Waals surface area contributed by atoms with Crippen LogP contribution < -0.4 is 5.32 Å². The lowest BCUT2D eigenvalue weighted by Crippen LogP contribution is -2.44. The molecule has 1 N–H and O–H groups in total. The van der Waals surface area contributed by atoms with E-state index in [0.717, 1.165) is 17.9 Å². The highest BCUT2D eigenvalue weighted by Gasteiger charge is 2.29. The van der Waals surface area contributed by atoms with E-state index in [1.807, 2.05) is 0 Å². The van der Waals surface area contributed by atoms with E-state index >= 15 is 0 Å². The van der Waals surface area contributed by atoms with Crippen LogP contribution in [-0.2, 0) is 0 Å². The summed E-state index contributed by atoms with van der Waals surface area (Å²) in [4.78, 5) is 0. The quantitative estimate of drug-likeness (QED) is 0.562. The highest BCUT2D eigenvalue weighted by atomic mass is 14.9. The summed E-state index contributed by atoms with van der Waals surface area (Å²) in [6, 6.07) is 0.889. The predicted octanol–water partition coefficient (Wildman–Crippen LogP) is 2.17. The van der Waals surface area contributed by atoms with Crippen molar-refractivity contribution in [3.8, 4) is 0 Å². The van der Waals surface area contributed by atoms with Crippen molar-refractivity contribution in [1.82, 2.24) is 5.32 Å². The van der Waals surface area contributed by atoms with Crippen LogP contribution in [0, 0.1) is 11.8 Å². The molecule has 1 aliphatic carbocycles. The third kappa shape index (κ3) is 1.58. The molecule has 0 aromatic heterocycles. The first-order chi connectivity index (χ1) is 5.36. The zero-order valence-corrected chi connectivity index (χ0v) is 7.47. The second kappa shape index (κ2) is 3.14. The first-order valence-corrected chi connectivity index (χ1v) is 5.09. The van der Waals surface area contributed by atoms with Gasteiger partial charge in [-0.15, -0.1) is 0 Å². The maximum Gasteiger partial charge on any atom is 0.00955 e. The first kappa shape index (κ1) is 7.60. The second-order valence-corrected chi connectivity index (χ2v) is 4.38. The van der Waals surface area contributed by atoms with Crippen LogP contribution in [-0.4, -0.2) is 12.6 Å². The summed E-state index contributed by atoms with van der Waals surface area (Å²) in [7, 11) is 0. The Bertz CT molecular complexity index is 133. The zero-order chi connectivity index (χ0) is 7.68. The molecule has 2 rings (SSSR count). The molecule has 2 aliphatic rings. The van der Waals surface area contributed by atoms with Gasteiger partial charge in [0.1, 0.15) is 0 Å². The van der Waals surface area contributed by atoms with Gasteiger partial charge in [-0.25, -0.2) is 0 Å². The van der Waals surface area contributed by atoms with Gasteiger partial charge in [-0.2, -0.15) is 0 Å². The Kier molecular flexibility index (Phi) is 2.17. The van der Waals surface area contributed by atoms with Gasteiger partial charge in [-0.3, -0.25) is 0 Å². The van der Waals surface area contributed by atoms with E-state index in [0.29, 0.717) is 0 Å². The van der Waals surface area contributed by atoms with Crippen molar-refractivity contribution in [3.63, 3.8) is 0 Å². The lowest BCUT2D eigenvalue weighted by molar-refractivity contribution is 0.173. The van der Waals surface area contributed by atoms with E-state index in [2.05, 4.69) is 12.2 Å². The summed E-state index contributed by atoms with van der Waals surface area (Å²) in [5.74, 6) is 2.02. The van der Waals surface area contributed by atoms with E-state index in [4.69, 9.17) is 0 Å². The summed E-state index contributed by atoms with van der Waals surface area (Å²) in [6.45, 7) is 3.68. The molecule has 1 heteroatoms. The monoisotopic (exact) mass is 153 g/mol. The Morgan fingerprint density at radius 3 is 3.00 bits per heavy atom. The van der Waals surface area contributed by atoms with Crippen LogP contribution >= 0.6 is 0 Å². The van der Waals surface area contributed by atoms with Crippen LogP contribution in [0.25, 0.3) is 0 Å². The molecular formula is C10H19N. The molecule has 3 atom stereocenters. The van der Waals surface area contributed by atoms with Gasteiger partial charge in [0.2, 0.25) is 0 Å². The first-order valence-electron chi connectivity index (χ1n) is 5.09. The van der Waals surface area contributed by atoms with Gasteiger partial charge in [0, 0.05) is 6.04 Å². The number of nitrogens with one attached hydrogen (secondary N) is 1. The molecule has 1 aliphatic heterocycles. The fraction of sp³-hybridized carbons (Fsp3) is 1.00. The molecule has 1 saturated carbocycles. The highest BCUT2D eigenvalue weighted by Crippen LogP contribution is 2.33. The molecule has 64 valence electrons. The van der Waals surface area contributed by atoms with Crippen molar-refractivity contribution < 1.29 is 0 Å². The van der Waals surface area contributed by atoms with E-state index in [1.54, 1.807) is 0 Å². The molecule has 1 saturated heterocycles.